The van der Waals surface area contributed by atoms with E-state index in [0.717, 1.165) is 0 Å². The van der Waals surface area contributed by atoms with Gasteiger partial charge in [0.15, 0.2) is 0 Å². The van der Waals surface area contributed by atoms with Crippen LogP contribution in [0.5, 0.6) is 0 Å². The summed E-state index contributed by atoms with van der Waals surface area (Å²) in [7, 11) is 0. The number of amides is 2. The zero-order valence-electron chi connectivity index (χ0n) is 13.8. The van der Waals surface area contributed by atoms with Crippen molar-refractivity contribution in [1.82, 2.24) is 20.2 Å². The number of carbonyl (C=O) groups is 2. The second kappa shape index (κ2) is 8.39. The van der Waals surface area contributed by atoms with Crippen LogP contribution in [0.3, 0.4) is 0 Å². The molecule has 2 N–H and O–H groups in total. The van der Waals surface area contributed by atoms with Gasteiger partial charge in [0.25, 0.3) is 5.91 Å². The summed E-state index contributed by atoms with van der Waals surface area (Å²) in [4.78, 5) is 28.1. The minimum atomic E-state index is -0.391. The molecule has 0 atom stereocenters. The Morgan fingerprint density at radius 1 is 1.23 bits per heavy atom. The number of hydrogen-bond acceptors (Lipinski definition) is 4. The summed E-state index contributed by atoms with van der Waals surface area (Å²) in [5.41, 5.74) is 1.05. The van der Waals surface area contributed by atoms with Crippen LogP contribution < -0.4 is 10.6 Å². The third kappa shape index (κ3) is 4.54. The van der Waals surface area contributed by atoms with Crippen molar-refractivity contribution < 1.29 is 14.0 Å². The summed E-state index contributed by atoms with van der Waals surface area (Å²) in [6, 6.07) is 8.29. The standard InChI is InChI=1S/C18H17FN4O2S/c19-14-10-13(3-4-15(14)23-8-7-20-12-23)11-22-17(24)5-6-21-18(25)16-2-1-9-26-16/h1-4,7-10,12H,5-6,11H2,(H,21,25)(H,22,24). The predicted octanol–water partition coefficient (Wildman–Crippen LogP) is 2.51. The number of aromatic nitrogens is 2. The number of imidazole rings is 1. The molecule has 8 heteroatoms. The Morgan fingerprint density at radius 2 is 2.12 bits per heavy atom. The first-order valence-corrected chi connectivity index (χ1v) is 8.86. The van der Waals surface area contributed by atoms with E-state index in [1.807, 2.05) is 5.38 Å². The van der Waals surface area contributed by atoms with Crippen molar-refractivity contribution in [2.24, 2.45) is 0 Å². The van der Waals surface area contributed by atoms with Crippen LogP contribution in [-0.4, -0.2) is 27.9 Å². The van der Waals surface area contributed by atoms with Crippen molar-refractivity contribution >= 4 is 23.2 Å². The van der Waals surface area contributed by atoms with Gasteiger partial charge in [0, 0.05) is 31.9 Å². The Bertz CT molecular complexity index is 879. The zero-order chi connectivity index (χ0) is 18.4. The van der Waals surface area contributed by atoms with Gasteiger partial charge in [-0.25, -0.2) is 9.37 Å². The van der Waals surface area contributed by atoms with Gasteiger partial charge in [-0.15, -0.1) is 11.3 Å². The number of thiophene rings is 1. The molecule has 3 aromatic rings. The average Bonchev–Trinajstić information content (AvgIpc) is 3.33. The van der Waals surface area contributed by atoms with E-state index in [9.17, 15) is 14.0 Å². The maximum atomic E-state index is 14.2. The molecule has 0 spiro atoms. The molecule has 1 aromatic carbocycles. The van der Waals surface area contributed by atoms with E-state index >= 15 is 0 Å². The third-order valence-corrected chi connectivity index (χ3v) is 4.54. The SMILES string of the molecule is O=C(CCNC(=O)c1cccs1)NCc1ccc(-n2ccnc2)c(F)c1. The number of nitrogens with one attached hydrogen (secondary N) is 2. The van der Waals surface area contributed by atoms with E-state index in [2.05, 4.69) is 15.6 Å². The molecular formula is C18H17FN4O2S. The van der Waals surface area contributed by atoms with Gasteiger partial charge < -0.3 is 15.2 Å². The predicted molar refractivity (Wildman–Crippen MR) is 96.6 cm³/mol. The van der Waals surface area contributed by atoms with Crippen LogP contribution in [0.15, 0.2) is 54.4 Å². The Morgan fingerprint density at radius 3 is 2.81 bits per heavy atom. The molecule has 0 aliphatic rings. The molecule has 0 saturated carbocycles. The minimum absolute atomic E-state index is 0.159. The highest BCUT2D eigenvalue weighted by Gasteiger charge is 2.09. The molecule has 6 nitrogen and oxygen atoms in total. The number of hydrogen-bond donors (Lipinski definition) is 2. The number of nitrogens with zero attached hydrogens (tertiary/aromatic N) is 2. The van der Waals surface area contributed by atoms with Crippen LogP contribution in [0.1, 0.15) is 21.7 Å². The molecule has 2 heterocycles. The molecule has 0 unspecified atom stereocenters. The lowest BCUT2D eigenvalue weighted by Crippen LogP contribution is -2.30. The highest BCUT2D eigenvalue weighted by molar-refractivity contribution is 7.12. The molecule has 0 radical (unpaired) electrons. The molecular weight excluding hydrogens is 355 g/mol. The van der Waals surface area contributed by atoms with Crippen molar-refractivity contribution in [3.63, 3.8) is 0 Å². The highest BCUT2D eigenvalue weighted by Crippen LogP contribution is 2.15. The van der Waals surface area contributed by atoms with Crippen molar-refractivity contribution in [2.45, 2.75) is 13.0 Å². The number of halogens is 1. The second-order valence-electron chi connectivity index (χ2n) is 5.52. The fourth-order valence-electron chi connectivity index (χ4n) is 2.34. The smallest absolute Gasteiger partial charge is 0.261 e. The van der Waals surface area contributed by atoms with Crippen molar-refractivity contribution in [1.29, 1.82) is 0 Å². The van der Waals surface area contributed by atoms with Crippen molar-refractivity contribution in [3.05, 3.63) is 70.7 Å². The van der Waals surface area contributed by atoms with Crippen LogP contribution in [-0.2, 0) is 11.3 Å². The fraction of sp³-hybridized carbons (Fsp3) is 0.167. The number of rotatable bonds is 7. The Kier molecular flexibility index (Phi) is 5.75. The number of carbonyl (C=O) groups excluding carboxylic acids is 2. The molecule has 0 aliphatic carbocycles. The molecule has 134 valence electrons. The maximum absolute atomic E-state index is 14.2. The topological polar surface area (TPSA) is 76.0 Å². The Balaban J connectivity index is 1.44. The van der Waals surface area contributed by atoms with E-state index in [1.165, 1.54) is 23.7 Å². The van der Waals surface area contributed by atoms with Gasteiger partial charge in [-0.05, 0) is 29.1 Å². The van der Waals surface area contributed by atoms with Gasteiger partial charge in [0.1, 0.15) is 5.82 Å². The van der Waals surface area contributed by atoms with Gasteiger partial charge >= 0.3 is 0 Å². The molecule has 0 bridgehead atoms. The highest BCUT2D eigenvalue weighted by atomic mass is 32.1. The van der Waals surface area contributed by atoms with Crippen molar-refractivity contribution in [2.75, 3.05) is 6.54 Å². The molecule has 26 heavy (non-hydrogen) atoms. The summed E-state index contributed by atoms with van der Waals surface area (Å²) in [5, 5.41) is 7.22. The number of benzene rings is 1. The monoisotopic (exact) mass is 372 g/mol. The molecule has 2 aromatic heterocycles. The average molecular weight is 372 g/mol. The summed E-state index contributed by atoms with van der Waals surface area (Å²) in [5.74, 6) is -0.793. The van der Waals surface area contributed by atoms with E-state index in [0.29, 0.717) is 16.1 Å². The second-order valence-corrected chi connectivity index (χ2v) is 6.46. The summed E-state index contributed by atoms with van der Waals surface area (Å²) in [6.07, 6.45) is 4.91. The largest absolute Gasteiger partial charge is 0.352 e. The van der Waals surface area contributed by atoms with Crippen LogP contribution in [0.4, 0.5) is 4.39 Å². The molecule has 0 fully saturated rings. The lowest BCUT2D eigenvalue weighted by Gasteiger charge is -2.09. The van der Waals surface area contributed by atoms with Crippen LogP contribution in [0.25, 0.3) is 5.69 Å². The van der Waals surface area contributed by atoms with Gasteiger partial charge in [-0.1, -0.05) is 12.1 Å². The lowest BCUT2D eigenvalue weighted by atomic mass is 10.2. The van der Waals surface area contributed by atoms with Crippen LogP contribution in [0.2, 0.25) is 0 Å². The fourth-order valence-corrected chi connectivity index (χ4v) is 2.98. The van der Waals surface area contributed by atoms with Gasteiger partial charge in [0.05, 0.1) is 16.9 Å². The molecule has 3 rings (SSSR count). The minimum Gasteiger partial charge on any atom is -0.352 e. The van der Waals surface area contributed by atoms with E-state index in [4.69, 9.17) is 0 Å². The zero-order valence-corrected chi connectivity index (χ0v) is 14.6. The lowest BCUT2D eigenvalue weighted by molar-refractivity contribution is -0.121. The van der Waals surface area contributed by atoms with E-state index in [1.54, 1.807) is 41.2 Å². The summed E-state index contributed by atoms with van der Waals surface area (Å²) >= 11 is 1.35. The summed E-state index contributed by atoms with van der Waals surface area (Å²) in [6.45, 7) is 0.468. The Hall–Kier alpha value is -3.00. The molecule has 0 aliphatic heterocycles. The van der Waals surface area contributed by atoms with Gasteiger partial charge in [-0.3, -0.25) is 9.59 Å². The van der Waals surface area contributed by atoms with E-state index < -0.39 is 5.82 Å². The Labute approximate surface area is 153 Å². The first kappa shape index (κ1) is 17.8. The van der Waals surface area contributed by atoms with Crippen LogP contribution >= 0.6 is 11.3 Å². The maximum Gasteiger partial charge on any atom is 0.261 e. The summed E-state index contributed by atoms with van der Waals surface area (Å²) < 4.78 is 15.7. The molecule has 0 saturated heterocycles. The van der Waals surface area contributed by atoms with E-state index in [-0.39, 0.29) is 31.3 Å². The normalized spacial score (nSPS) is 10.5. The van der Waals surface area contributed by atoms with Crippen LogP contribution in [0, 0.1) is 5.82 Å². The van der Waals surface area contributed by atoms with Gasteiger partial charge in [-0.2, -0.15) is 0 Å². The quantitative estimate of drug-likeness (QED) is 0.669. The van der Waals surface area contributed by atoms with Gasteiger partial charge in [0.2, 0.25) is 5.91 Å². The molecule has 2 amide bonds. The van der Waals surface area contributed by atoms with Crippen molar-refractivity contribution in [3.8, 4) is 5.69 Å². The third-order valence-electron chi connectivity index (χ3n) is 3.67. The first-order chi connectivity index (χ1) is 12.6. The first-order valence-electron chi connectivity index (χ1n) is 7.98.